The minimum atomic E-state index is -0.416. The van der Waals surface area contributed by atoms with Gasteiger partial charge in [0.1, 0.15) is 23.0 Å². The molecule has 1 unspecified atom stereocenters. The summed E-state index contributed by atoms with van der Waals surface area (Å²) in [5, 5.41) is 25.4. The van der Waals surface area contributed by atoms with Crippen LogP contribution in [0.25, 0.3) is 22.5 Å². The van der Waals surface area contributed by atoms with Crippen LogP contribution in [0.4, 0.5) is 0 Å². The van der Waals surface area contributed by atoms with E-state index in [2.05, 4.69) is 64.7 Å². The number of hydrogen-bond donors (Lipinski definition) is 6. The molecule has 3 atom stereocenters. The van der Waals surface area contributed by atoms with Gasteiger partial charge in [-0.3, -0.25) is 38.1 Å². The third-order valence-corrected chi connectivity index (χ3v) is 12.7. The molecule has 0 aliphatic heterocycles. The lowest BCUT2D eigenvalue weighted by Gasteiger charge is -2.20. The summed E-state index contributed by atoms with van der Waals surface area (Å²) in [7, 11) is 9.39. The Morgan fingerprint density at radius 2 is 0.893 bits per heavy atom. The zero-order valence-corrected chi connectivity index (χ0v) is 46.7. The van der Waals surface area contributed by atoms with Crippen LogP contribution in [0.3, 0.4) is 0 Å². The molecule has 0 fully saturated rings. The van der Waals surface area contributed by atoms with E-state index < -0.39 is 12.1 Å². The molecule has 2 aromatic heterocycles. The third kappa shape index (κ3) is 19.3. The van der Waals surface area contributed by atoms with Gasteiger partial charge in [-0.15, -0.1) is 0 Å². The number of nitrogens with one attached hydrogen (secondary N) is 6. The van der Waals surface area contributed by atoms with Crippen LogP contribution in [-0.2, 0) is 32.3 Å². The molecule has 75 heavy (non-hydrogen) atoms. The molecular formula is C55H84N10O10. The molecule has 6 amide bonds. The molecule has 0 aliphatic carbocycles. The fourth-order valence-corrected chi connectivity index (χ4v) is 8.33. The van der Waals surface area contributed by atoms with E-state index in [0.717, 1.165) is 36.1 Å². The summed E-state index contributed by atoms with van der Waals surface area (Å²) in [5.74, 6) is 1.72. The van der Waals surface area contributed by atoms with Gasteiger partial charge in [-0.25, -0.2) is 0 Å². The Hall–Kier alpha value is -7.12. The number of methoxy groups -OCH3 is 4. The second-order valence-corrected chi connectivity index (χ2v) is 19.4. The number of amides is 6. The number of aromatic nitrogens is 4. The molecule has 2 heterocycles. The van der Waals surface area contributed by atoms with Crippen molar-refractivity contribution in [3.05, 3.63) is 59.9 Å². The maximum absolute atomic E-state index is 13.4. The van der Waals surface area contributed by atoms with Crippen molar-refractivity contribution in [2.45, 2.75) is 126 Å². The highest BCUT2D eigenvalue weighted by molar-refractivity contribution is 5.96. The van der Waals surface area contributed by atoms with E-state index in [-0.39, 0.29) is 84.6 Å². The Morgan fingerprint density at radius 1 is 0.533 bits per heavy atom. The molecule has 0 bridgehead atoms. The summed E-state index contributed by atoms with van der Waals surface area (Å²) in [5.41, 5.74) is 3.37. The van der Waals surface area contributed by atoms with E-state index in [1.165, 1.54) is 14.1 Å². The van der Waals surface area contributed by atoms with E-state index >= 15 is 0 Å². The van der Waals surface area contributed by atoms with Gasteiger partial charge in [0.15, 0.2) is 11.4 Å². The van der Waals surface area contributed by atoms with Crippen LogP contribution in [-0.4, -0.2) is 123 Å². The van der Waals surface area contributed by atoms with Crippen LogP contribution in [0, 0.1) is 23.7 Å². The van der Waals surface area contributed by atoms with Gasteiger partial charge in [0.25, 0.3) is 11.8 Å². The van der Waals surface area contributed by atoms with Gasteiger partial charge in [0, 0.05) is 52.1 Å². The molecule has 4 aromatic rings. The van der Waals surface area contributed by atoms with Gasteiger partial charge in [0.05, 0.1) is 64.0 Å². The number of ether oxygens (including phenoxy) is 4. The molecule has 0 radical (unpaired) electrons. The van der Waals surface area contributed by atoms with Gasteiger partial charge in [0.2, 0.25) is 23.6 Å². The lowest BCUT2D eigenvalue weighted by atomic mass is 10.0. The maximum atomic E-state index is 13.4. The lowest BCUT2D eigenvalue weighted by Crippen LogP contribution is -2.42. The largest absolute Gasteiger partial charge is 0.496 e. The lowest BCUT2D eigenvalue weighted by molar-refractivity contribution is -0.126. The molecule has 0 saturated heterocycles. The monoisotopic (exact) mass is 1040 g/mol. The molecule has 20 heteroatoms. The molecule has 0 spiro atoms. The molecule has 2 aromatic carbocycles. The van der Waals surface area contributed by atoms with Gasteiger partial charge < -0.3 is 50.8 Å². The van der Waals surface area contributed by atoms with Crippen molar-refractivity contribution in [1.29, 1.82) is 0 Å². The summed E-state index contributed by atoms with van der Waals surface area (Å²) in [4.78, 5) is 74.6. The maximum Gasteiger partial charge on any atom is 0.272 e. The number of rotatable bonds is 29. The number of benzene rings is 2. The summed E-state index contributed by atoms with van der Waals surface area (Å²) in [6.07, 6.45) is 4.21. The first-order valence-electron chi connectivity index (χ1n) is 25.9. The van der Waals surface area contributed by atoms with Crippen LogP contribution >= 0.6 is 0 Å². The first kappa shape index (κ1) is 62.2. The molecule has 6 N–H and O–H groups in total. The highest BCUT2D eigenvalue weighted by atomic mass is 16.5. The molecule has 0 saturated carbocycles. The molecule has 0 aliphatic rings. The van der Waals surface area contributed by atoms with Crippen LogP contribution in [0.15, 0.2) is 48.5 Å². The second kappa shape index (κ2) is 31.6. The molecule has 4 rings (SSSR count). The van der Waals surface area contributed by atoms with Crippen molar-refractivity contribution in [2.75, 3.05) is 55.6 Å². The van der Waals surface area contributed by atoms with Gasteiger partial charge in [-0.05, 0) is 72.9 Å². The van der Waals surface area contributed by atoms with E-state index in [4.69, 9.17) is 24.0 Å². The Bertz CT molecular complexity index is 2440. The minimum Gasteiger partial charge on any atom is -0.496 e. The average Bonchev–Trinajstić information content (AvgIpc) is 4.01. The fraction of sp³-hybridized carbons (Fsp3) is 0.564. The zero-order valence-electron chi connectivity index (χ0n) is 46.7. The minimum absolute atomic E-state index is 0.0572. The number of carbonyl (C=O) groups excluding carboxylic acids is 6. The first-order chi connectivity index (χ1) is 35.8. The highest BCUT2D eigenvalue weighted by Gasteiger charge is 2.27. The van der Waals surface area contributed by atoms with E-state index in [9.17, 15) is 28.8 Å². The smallest absolute Gasteiger partial charge is 0.272 e. The Labute approximate surface area is 443 Å². The van der Waals surface area contributed by atoms with Crippen molar-refractivity contribution in [3.63, 3.8) is 0 Å². The highest BCUT2D eigenvalue weighted by Crippen LogP contribution is 2.40. The topological polar surface area (TPSA) is 247 Å². The van der Waals surface area contributed by atoms with Gasteiger partial charge in [-0.1, -0.05) is 86.8 Å². The van der Waals surface area contributed by atoms with Crippen LogP contribution < -0.4 is 50.8 Å². The fourth-order valence-electron chi connectivity index (χ4n) is 8.33. The molecule has 20 nitrogen and oxygen atoms in total. The number of hydrogen-bond acceptors (Lipinski definition) is 12. The van der Waals surface area contributed by atoms with E-state index in [1.54, 1.807) is 40.6 Å². The zero-order chi connectivity index (χ0) is 55.8. The summed E-state index contributed by atoms with van der Waals surface area (Å²) in [6, 6.07) is 13.7. The normalized spacial score (nSPS) is 12.2. The molecular weight excluding hydrogens is 961 g/mol. The van der Waals surface area contributed by atoms with Crippen molar-refractivity contribution < 1.29 is 47.7 Å². The summed E-state index contributed by atoms with van der Waals surface area (Å²) in [6.45, 7) is 17.6. The summed E-state index contributed by atoms with van der Waals surface area (Å²) >= 11 is 0. The van der Waals surface area contributed by atoms with Crippen molar-refractivity contribution in [2.24, 2.45) is 23.7 Å². The SMILES string of the molecule is CCC(C)Cn1nc(C(=O)N[C@H](CC(=O)NCC(=O)NC)CC(C)C)cc1-c1c(OC)cccc1OC.CCC(CC)Cn1nc(C(=O)N[C@H](CC(=O)NCC(=O)NC)CC(C)C)cc1-c1c(OC)cccc1OC. The Morgan fingerprint density at radius 3 is 1.20 bits per heavy atom. The predicted molar refractivity (Wildman–Crippen MR) is 290 cm³/mol. The van der Waals surface area contributed by atoms with Crippen molar-refractivity contribution in [1.82, 2.24) is 51.5 Å². The third-order valence-electron chi connectivity index (χ3n) is 12.7. The van der Waals surface area contributed by atoms with Crippen molar-refractivity contribution >= 4 is 35.4 Å². The summed E-state index contributed by atoms with van der Waals surface area (Å²) < 4.78 is 26.1. The predicted octanol–water partition coefficient (Wildman–Crippen LogP) is 6.41. The molecule has 414 valence electrons. The average molecular weight is 1050 g/mol. The Balaban J connectivity index is 0.000000395. The Kier molecular flexibility index (Phi) is 26.2. The number of likely N-dealkylation sites (N-methyl/N-ethyl adjacent to an activating group) is 2. The number of nitrogens with zero attached hydrogens (tertiary/aromatic N) is 4. The van der Waals surface area contributed by atoms with Crippen molar-refractivity contribution in [3.8, 4) is 45.5 Å². The van der Waals surface area contributed by atoms with Gasteiger partial charge >= 0.3 is 0 Å². The van der Waals surface area contributed by atoms with Gasteiger partial charge in [-0.2, -0.15) is 10.2 Å². The first-order valence-corrected chi connectivity index (χ1v) is 25.9. The van der Waals surface area contributed by atoms with Crippen LogP contribution in [0.2, 0.25) is 0 Å². The van der Waals surface area contributed by atoms with Crippen LogP contribution in [0.1, 0.15) is 121 Å². The quantitative estimate of drug-likeness (QED) is 0.0346. The van der Waals surface area contributed by atoms with Crippen LogP contribution in [0.5, 0.6) is 23.0 Å². The van der Waals surface area contributed by atoms with E-state index in [1.807, 2.05) is 73.5 Å². The second-order valence-electron chi connectivity index (χ2n) is 19.4. The van der Waals surface area contributed by atoms with E-state index in [0.29, 0.717) is 66.5 Å². The number of carbonyl (C=O) groups is 6. The standard InChI is InChI=1S/C28H43N5O5.C27H41N5O5/c1-8-19(9-2)17-33-22(27-23(37-6)11-10-12-24(27)38-7)15-21(32-33)28(36)31-20(13-18(3)4)14-25(34)30-16-26(35)29-5;1-8-18(4)16-32-21(26-22(36-6)10-9-11-23(26)37-7)14-20(31-32)27(35)30-19(12-17(2)3)13-24(33)29-15-25(34)28-5/h10-12,15,18-20H,8-9,13-14,16-17H2,1-7H3,(H,29,35)(H,30,34)(H,31,36);9-11,14,17-19H,8,12-13,15-16H2,1-7H3,(H,28,34)(H,29,33)(H,30,35)/t20-;18?,19-/m00/s1.